The van der Waals surface area contributed by atoms with Crippen LogP contribution in [0.1, 0.15) is 11.1 Å². The van der Waals surface area contributed by atoms with Crippen molar-refractivity contribution in [1.82, 2.24) is 9.21 Å². The molecule has 1 fully saturated rings. The summed E-state index contributed by atoms with van der Waals surface area (Å²) >= 11 is 1.53. The lowest BCUT2D eigenvalue weighted by molar-refractivity contribution is -0.137. The Labute approximate surface area is 176 Å². The second-order valence-electron chi connectivity index (χ2n) is 7.17. The first kappa shape index (κ1) is 21.2. The number of rotatable bonds is 3. The molecule has 0 bridgehead atoms. The van der Waals surface area contributed by atoms with Gasteiger partial charge in [-0.15, -0.1) is 11.8 Å². The molecule has 0 radical (unpaired) electrons. The summed E-state index contributed by atoms with van der Waals surface area (Å²) in [4.78, 5) is 15.4. The smallest absolute Gasteiger partial charge is 0.339 e. The van der Waals surface area contributed by atoms with Crippen molar-refractivity contribution in [2.24, 2.45) is 0 Å². The molecule has 1 amide bonds. The number of hydrogen-bond acceptors (Lipinski definition) is 4. The molecule has 2 aromatic rings. The number of nitrogens with zero attached hydrogens (tertiary/aromatic N) is 2. The summed E-state index contributed by atoms with van der Waals surface area (Å²) in [6.45, 7) is 0.733. The van der Waals surface area contributed by atoms with E-state index in [0.717, 1.165) is 34.7 Å². The van der Waals surface area contributed by atoms with E-state index in [1.165, 1.54) is 16.1 Å². The molecule has 160 valence electrons. The van der Waals surface area contributed by atoms with Gasteiger partial charge in [-0.3, -0.25) is 4.79 Å². The first-order valence-electron chi connectivity index (χ1n) is 9.37. The fourth-order valence-electron chi connectivity index (χ4n) is 3.64. The molecule has 10 heteroatoms. The van der Waals surface area contributed by atoms with E-state index in [-0.39, 0.29) is 42.2 Å². The average Bonchev–Trinajstić information content (AvgIpc) is 3.17. The third-order valence-corrected chi connectivity index (χ3v) is 8.51. The van der Waals surface area contributed by atoms with Crippen molar-refractivity contribution >= 4 is 27.7 Å². The number of hydrogen-bond donors (Lipinski definition) is 0. The van der Waals surface area contributed by atoms with Gasteiger partial charge in [0.05, 0.1) is 15.7 Å². The highest BCUT2D eigenvalue weighted by Gasteiger charge is 2.36. The van der Waals surface area contributed by atoms with Crippen LogP contribution in [0.15, 0.2) is 58.3 Å². The van der Waals surface area contributed by atoms with Crippen LogP contribution in [-0.2, 0) is 27.4 Å². The molecule has 1 atom stereocenters. The van der Waals surface area contributed by atoms with Crippen LogP contribution in [0.3, 0.4) is 0 Å². The summed E-state index contributed by atoms with van der Waals surface area (Å²) < 4.78 is 64.9. The quantitative estimate of drug-likeness (QED) is 0.712. The van der Waals surface area contributed by atoms with Crippen molar-refractivity contribution in [2.75, 3.05) is 26.2 Å². The minimum absolute atomic E-state index is 0.0113. The SMILES string of the molecule is O=C([C@H]1Cc2ccccc2S1)N1CCN(S(=O)(=O)c2ccc(C(F)(F)F)cc2)CC1. The molecule has 0 unspecified atom stereocenters. The number of amides is 1. The predicted octanol–water partition coefficient (Wildman–Crippen LogP) is 3.26. The highest BCUT2D eigenvalue weighted by Crippen LogP contribution is 2.38. The van der Waals surface area contributed by atoms with Gasteiger partial charge >= 0.3 is 6.18 Å². The lowest BCUT2D eigenvalue weighted by atomic mass is 10.1. The predicted molar refractivity (Wildman–Crippen MR) is 107 cm³/mol. The topological polar surface area (TPSA) is 57.7 Å². The van der Waals surface area contributed by atoms with E-state index in [2.05, 4.69) is 0 Å². The van der Waals surface area contributed by atoms with Gasteiger partial charge in [0.25, 0.3) is 0 Å². The number of thioether (sulfide) groups is 1. The number of carbonyl (C=O) groups excluding carboxylic acids is 1. The van der Waals surface area contributed by atoms with Gasteiger partial charge in [-0.25, -0.2) is 8.42 Å². The molecule has 0 N–H and O–H groups in total. The Kier molecular flexibility index (Phi) is 5.58. The van der Waals surface area contributed by atoms with Crippen LogP contribution >= 0.6 is 11.8 Å². The molecule has 0 saturated carbocycles. The number of carbonyl (C=O) groups is 1. The molecule has 2 aliphatic heterocycles. The zero-order chi connectivity index (χ0) is 21.5. The maximum atomic E-state index is 12.9. The monoisotopic (exact) mass is 456 g/mol. The summed E-state index contributed by atoms with van der Waals surface area (Å²) in [5, 5.41) is -0.208. The van der Waals surface area contributed by atoms with Crippen LogP contribution in [0.4, 0.5) is 13.2 Å². The van der Waals surface area contributed by atoms with E-state index >= 15 is 0 Å². The van der Waals surface area contributed by atoms with Crippen LogP contribution in [0.2, 0.25) is 0 Å². The Morgan fingerprint density at radius 2 is 1.60 bits per heavy atom. The molecule has 0 aliphatic carbocycles. The molecule has 0 aromatic heterocycles. The van der Waals surface area contributed by atoms with E-state index in [0.29, 0.717) is 6.42 Å². The number of piperazine rings is 1. The van der Waals surface area contributed by atoms with Crippen LogP contribution in [0.25, 0.3) is 0 Å². The van der Waals surface area contributed by atoms with Crippen LogP contribution < -0.4 is 0 Å². The molecular weight excluding hydrogens is 437 g/mol. The Bertz CT molecular complexity index is 1020. The van der Waals surface area contributed by atoms with Crippen LogP contribution in [-0.4, -0.2) is 55.0 Å². The number of fused-ring (bicyclic) bond motifs is 1. The van der Waals surface area contributed by atoms with E-state index in [1.807, 2.05) is 24.3 Å². The normalized spacial score (nSPS) is 20.2. The lowest BCUT2D eigenvalue weighted by Gasteiger charge is -2.35. The maximum absolute atomic E-state index is 12.9. The molecule has 1 saturated heterocycles. The van der Waals surface area contributed by atoms with Gasteiger partial charge in [0.2, 0.25) is 15.9 Å². The second-order valence-corrected chi connectivity index (χ2v) is 10.4. The van der Waals surface area contributed by atoms with Gasteiger partial charge in [0.1, 0.15) is 0 Å². The van der Waals surface area contributed by atoms with Gasteiger partial charge in [0.15, 0.2) is 0 Å². The fourth-order valence-corrected chi connectivity index (χ4v) is 6.34. The standard InChI is InChI=1S/C20H19F3N2O3S2/c21-20(22,23)15-5-7-16(8-6-15)30(27,28)25-11-9-24(10-12-25)19(26)18-13-14-3-1-2-4-17(14)29-18/h1-8,18H,9-13H2/t18-/m1/s1. The summed E-state index contributed by atoms with van der Waals surface area (Å²) in [5.41, 5.74) is 0.247. The van der Waals surface area contributed by atoms with E-state index in [9.17, 15) is 26.4 Å². The summed E-state index contributed by atoms with van der Waals surface area (Å²) in [7, 11) is -3.91. The van der Waals surface area contributed by atoms with Crippen molar-refractivity contribution < 1.29 is 26.4 Å². The van der Waals surface area contributed by atoms with Gasteiger partial charge in [0, 0.05) is 31.1 Å². The third kappa shape index (κ3) is 4.08. The summed E-state index contributed by atoms with van der Waals surface area (Å²) in [5.74, 6) is -0.0113. The highest BCUT2D eigenvalue weighted by molar-refractivity contribution is 8.01. The van der Waals surface area contributed by atoms with Gasteiger partial charge in [-0.05, 0) is 42.3 Å². The lowest BCUT2D eigenvalue weighted by Crippen LogP contribution is -2.52. The molecular formula is C20H19F3N2O3S2. The van der Waals surface area contributed by atoms with Crippen LogP contribution in [0, 0.1) is 0 Å². The number of benzene rings is 2. The van der Waals surface area contributed by atoms with Crippen molar-refractivity contribution in [2.45, 2.75) is 27.6 Å². The highest BCUT2D eigenvalue weighted by atomic mass is 32.2. The van der Waals surface area contributed by atoms with E-state index in [4.69, 9.17) is 0 Å². The van der Waals surface area contributed by atoms with Gasteiger partial charge in [-0.2, -0.15) is 17.5 Å². The van der Waals surface area contributed by atoms with Crippen molar-refractivity contribution in [3.63, 3.8) is 0 Å². The van der Waals surface area contributed by atoms with E-state index < -0.39 is 21.8 Å². The Morgan fingerprint density at radius 3 is 2.20 bits per heavy atom. The molecule has 4 rings (SSSR count). The van der Waals surface area contributed by atoms with Crippen LogP contribution in [0.5, 0.6) is 0 Å². The largest absolute Gasteiger partial charge is 0.416 e. The zero-order valence-corrected chi connectivity index (χ0v) is 17.4. The number of sulfonamides is 1. The average molecular weight is 457 g/mol. The van der Waals surface area contributed by atoms with Gasteiger partial charge in [-0.1, -0.05) is 18.2 Å². The molecule has 2 aliphatic rings. The first-order valence-corrected chi connectivity index (χ1v) is 11.7. The fraction of sp³-hybridized carbons (Fsp3) is 0.350. The molecule has 2 heterocycles. The molecule has 5 nitrogen and oxygen atoms in total. The Balaban J connectivity index is 1.39. The Morgan fingerprint density at radius 1 is 0.967 bits per heavy atom. The summed E-state index contributed by atoms with van der Waals surface area (Å²) in [6, 6.07) is 11.3. The zero-order valence-electron chi connectivity index (χ0n) is 15.8. The second kappa shape index (κ2) is 7.90. The molecule has 2 aromatic carbocycles. The Hall–Kier alpha value is -2.04. The maximum Gasteiger partial charge on any atom is 0.416 e. The minimum atomic E-state index is -4.52. The third-order valence-electron chi connectivity index (χ3n) is 5.29. The summed E-state index contributed by atoms with van der Waals surface area (Å²) in [6.07, 6.45) is -3.87. The van der Waals surface area contributed by atoms with Crippen molar-refractivity contribution in [3.8, 4) is 0 Å². The minimum Gasteiger partial charge on any atom is -0.339 e. The van der Waals surface area contributed by atoms with Crippen molar-refractivity contribution in [1.29, 1.82) is 0 Å². The van der Waals surface area contributed by atoms with E-state index in [1.54, 1.807) is 4.90 Å². The van der Waals surface area contributed by atoms with Gasteiger partial charge < -0.3 is 4.90 Å². The molecule has 30 heavy (non-hydrogen) atoms. The number of alkyl halides is 3. The number of halogens is 3. The molecule has 0 spiro atoms. The van der Waals surface area contributed by atoms with Crippen molar-refractivity contribution in [3.05, 3.63) is 59.7 Å². The first-order chi connectivity index (χ1) is 14.2.